The Hall–Kier alpha value is -3.12. The Labute approximate surface area is 205 Å². The maximum atomic E-state index is 13.7. The third-order valence-corrected chi connectivity index (χ3v) is 6.08. The van der Waals surface area contributed by atoms with Gasteiger partial charge >= 0.3 is 6.16 Å². The van der Waals surface area contributed by atoms with Crippen molar-refractivity contribution >= 4 is 21.8 Å². The monoisotopic (exact) mass is 512 g/mol. The highest BCUT2D eigenvalue weighted by atomic mass is 32.2. The number of sulfone groups is 1. The van der Waals surface area contributed by atoms with Crippen LogP contribution in [-0.2, 0) is 30.6 Å². The van der Waals surface area contributed by atoms with E-state index < -0.39 is 28.1 Å². The molecule has 1 aromatic heterocycles. The van der Waals surface area contributed by atoms with Crippen LogP contribution >= 0.6 is 0 Å². The van der Waals surface area contributed by atoms with Gasteiger partial charge in [0.05, 0.1) is 18.9 Å². The largest absolute Gasteiger partial charge is 0.511 e. The van der Waals surface area contributed by atoms with Crippen molar-refractivity contribution in [2.24, 2.45) is 0 Å². The van der Waals surface area contributed by atoms with Crippen LogP contribution in [0.15, 0.2) is 17.0 Å². The predicted octanol–water partition coefficient (Wildman–Crippen LogP) is 3.08. The average Bonchev–Trinajstić information content (AvgIpc) is 3.08. The molecule has 0 fully saturated rings. The minimum absolute atomic E-state index is 0.0310. The third-order valence-electron chi connectivity index (χ3n) is 4.96. The van der Waals surface area contributed by atoms with Crippen LogP contribution in [0.5, 0.6) is 11.6 Å². The lowest BCUT2D eigenvalue weighted by atomic mass is 9.98. The van der Waals surface area contributed by atoms with Crippen LogP contribution in [0.4, 0.5) is 4.79 Å². The number of aromatic nitrogens is 2. The van der Waals surface area contributed by atoms with Crippen molar-refractivity contribution in [1.29, 1.82) is 0 Å². The molecule has 2 aromatic rings. The van der Waals surface area contributed by atoms with Crippen LogP contribution in [0.25, 0.3) is 0 Å². The zero-order valence-corrected chi connectivity index (χ0v) is 21.9. The Morgan fingerprint density at radius 2 is 1.83 bits per heavy atom. The Morgan fingerprint density at radius 3 is 2.40 bits per heavy atom. The van der Waals surface area contributed by atoms with E-state index in [-0.39, 0.29) is 47.5 Å². The molecule has 2 rings (SSSR count). The average molecular weight is 513 g/mol. The first kappa shape index (κ1) is 28.1. The van der Waals surface area contributed by atoms with Gasteiger partial charge in [-0.2, -0.15) is 5.10 Å². The molecule has 0 aliphatic rings. The molecule has 12 heteroatoms. The van der Waals surface area contributed by atoms with Crippen molar-refractivity contribution in [2.75, 3.05) is 33.2 Å². The molecule has 1 atom stereocenters. The van der Waals surface area contributed by atoms with E-state index in [1.807, 2.05) is 6.92 Å². The fraction of sp³-hybridized carbons (Fsp3) is 0.522. The minimum atomic E-state index is -3.63. The van der Waals surface area contributed by atoms with Gasteiger partial charge in [0.2, 0.25) is 18.0 Å². The van der Waals surface area contributed by atoms with E-state index in [0.717, 1.165) is 6.26 Å². The first-order valence-corrected chi connectivity index (χ1v) is 12.9. The second kappa shape index (κ2) is 12.0. The van der Waals surface area contributed by atoms with Gasteiger partial charge in [0.15, 0.2) is 9.84 Å². The summed E-state index contributed by atoms with van der Waals surface area (Å²) in [6.07, 6.45) is -0.903. The molecule has 0 aliphatic heterocycles. The molecule has 35 heavy (non-hydrogen) atoms. The van der Waals surface area contributed by atoms with Gasteiger partial charge in [-0.3, -0.25) is 4.79 Å². The third kappa shape index (κ3) is 6.73. The first-order valence-electron chi connectivity index (χ1n) is 11.0. The maximum Gasteiger partial charge on any atom is 0.511 e. The van der Waals surface area contributed by atoms with Crippen molar-refractivity contribution in [3.05, 3.63) is 34.5 Å². The molecule has 1 aromatic carbocycles. The number of ether oxygens (including phenoxy) is 5. The quantitative estimate of drug-likeness (QED) is 0.181. The molecule has 0 saturated heterocycles. The summed E-state index contributed by atoms with van der Waals surface area (Å²) in [6.45, 7) is 9.06. The summed E-state index contributed by atoms with van der Waals surface area (Å²) in [5.74, 6) is -0.257. The number of carbonyl (C=O) groups is 2. The van der Waals surface area contributed by atoms with E-state index in [1.54, 1.807) is 20.8 Å². The van der Waals surface area contributed by atoms with Gasteiger partial charge in [0.1, 0.15) is 22.8 Å². The predicted molar refractivity (Wildman–Crippen MR) is 126 cm³/mol. The lowest BCUT2D eigenvalue weighted by molar-refractivity contribution is -0.0558. The smallest absolute Gasteiger partial charge is 0.490 e. The SMILES string of the molecule is CCOC(=O)OC(C)Oc1c(C(=O)c2ccc(S(C)(=O)=O)c(OCCOC)c2C)c(C)nn1CC. The normalized spacial score (nSPS) is 12.2. The van der Waals surface area contributed by atoms with E-state index in [2.05, 4.69) is 5.10 Å². The lowest BCUT2D eigenvalue weighted by Crippen LogP contribution is -2.24. The van der Waals surface area contributed by atoms with Gasteiger partial charge in [-0.1, -0.05) is 0 Å². The zero-order chi connectivity index (χ0) is 26.3. The van der Waals surface area contributed by atoms with Crippen LogP contribution in [0.3, 0.4) is 0 Å². The molecule has 11 nitrogen and oxygen atoms in total. The molecule has 0 radical (unpaired) electrons. The van der Waals surface area contributed by atoms with E-state index >= 15 is 0 Å². The number of methoxy groups -OCH3 is 1. The number of benzene rings is 1. The molecule has 0 saturated carbocycles. The highest BCUT2D eigenvalue weighted by molar-refractivity contribution is 7.90. The molecule has 0 N–H and O–H groups in total. The molecule has 1 heterocycles. The fourth-order valence-electron chi connectivity index (χ4n) is 3.37. The Kier molecular flexibility index (Phi) is 9.66. The fourth-order valence-corrected chi connectivity index (χ4v) is 4.23. The van der Waals surface area contributed by atoms with Crippen molar-refractivity contribution in [1.82, 2.24) is 9.78 Å². The van der Waals surface area contributed by atoms with Gasteiger partial charge in [-0.15, -0.1) is 0 Å². The summed E-state index contributed by atoms with van der Waals surface area (Å²) in [5, 5.41) is 4.37. The number of hydrogen-bond acceptors (Lipinski definition) is 10. The molecule has 0 aliphatic carbocycles. The second-order valence-corrected chi connectivity index (χ2v) is 9.56. The summed E-state index contributed by atoms with van der Waals surface area (Å²) in [6, 6.07) is 2.77. The van der Waals surface area contributed by atoms with Crippen molar-refractivity contribution < 1.29 is 41.7 Å². The Morgan fingerprint density at radius 1 is 1.14 bits per heavy atom. The van der Waals surface area contributed by atoms with Gasteiger partial charge in [0.25, 0.3) is 0 Å². The van der Waals surface area contributed by atoms with Crippen LogP contribution in [-0.4, -0.2) is 69.6 Å². The molecule has 1 unspecified atom stereocenters. The molecule has 0 bridgehead atoms. The first-order chi connectivity index (χ1) is 16.5. The summed E-state index contributed by atoms with van der Waals surface area (Å²) in [4.78, 5) is 25.3. The summed E-state index contributed by atoms with van der Waals surface area (Å²) < 4.78 is 52.4. The number of ketones is 1. The van der Waals surface area contributed by atoms with Crippen LogP contribution in [0.1, 0.15) is 48.0 Å². The van der Waals surface area contributed by atoms with E-state index in [9.17, 15) is 18.0 Å². The number of aryl methyl sites for hydroxylation is 2. The van der Waals surface area contributed by atoms with Crippen molar-refractivity contribution in [3.8, 4) is 11.6 Å². The van der Waals surface area contributed by atoms with Gasteiger partial charge in [0, 0.05) is 38.0 Å². The molecular weight excluding hydrogens is 480 g/mol. The number of carbonyl (C=O) groups excluding carboxylic acids is 2. The molecular formula is C23H32N2O9S. The molecule has 0 amide bonds. The van der Waals surface area contributed by atoms with Gasteiger partial charge < -0.3 is 23.7 Å². The topological polar surface area (TPSA) is 132 Å². The molecule has 0 spiro atoms. The van der Waals surface area contributed by atoms with Crippen LogP contribution < -0.4 is 9.47 Å². The van der Waals surface area contributed by atoms with E-state index in [0.29, 0.717) is 17.8 Å². The second-order valence-electron chi connectivity index (χ2n) is 7.58. The van der Waals surface area contributed by atoms with Crippen molar-refractivity contribution in [3.63, 3.8) is 0 Å². The number of rotatable bonds is 12. The number of hydrogen-bond donors (Lipinski definition) is 0. The van der Waals surface area contributed by atoms with Crippen LogP contribution in [0, 0.1) is 13.8 Å². The van der Waals surface area contributed by atoms with E-state index in [4.69, 9.17) is 23.7 Å². The summed E-state index contributed by atoms with van der Waals surface area (Å²) in [5.41, 5.74) is 1.11. The zero-order valence-electron chi connectivity index (χ0n) is 21.0. The van der Waals surface area contributed by atoms with Gasteiger partial charge in [-0.05, 0) is 39.8 Å². The van der Waals surface area contributed by atoms with Crippen molar-refractivity contribution in [2.45, 2.75) is 52.3 Å². The standard InChI is InChI=1S/C23H32N2O9S/c1-8-25-22(33-16(5)34-23(27)31-9-2)19(15(4)24-25)20(26)17-10-11-18(35(7,28)29)21(14(17)3)32-13-12-30-6/h10-11,16H,8-9,12-13H2,1-7H3. The Bertz CT molecular complexity index is 1170. The summed E-state index contributed by atoms with van der Waals surface area (Å²) in [7, 11) is -2.13. The maximum absolute atomic E-state index is 13.7. The molecule has 194 valence electrons. The lowest BCUT2D eigenvalue weighted by Gasteiger charge is -2.18. The van der Waals surface area contributed by atoms with Crippen LogP contribution in [0.2, 0.25) is 0 Å². The Balaban J connectivity index is 2.54. The van der Waals surface area contributed by atoms with Gasteiger partial charge in [-0.25, -0.2) is 17.9 Å². The van der Waals surface area contributed by atoms with E-state index in [1.165, 1.54) is 30.8 Å². The number of nitrogens with zero attached hydrogens (tertiary/aromatic N) is 2. The highest BCUT2D eigenvalue weighted by Gasteiger charge is 2.29. The minimum Gasteiger partial charge on any atom is -0.490 e. The summed E-state index contributed by atoms with van der Waals surface area (Å²) >= 11 is 0. The highest BCUT2D eigenvalue weighted by Crippen LogP contribution is 2.34.